The molecule has 2 aromatic rings. The maximum Gasteiger partial charge on any atom is 0.417 e. The number of ether oxygens (including phenoxy) is 1. The molecule has 0 bridgehead atoms. The number of amides is 1. The maximum absolute atomic E-state index is 13.7. The molecule has 0 saturated carbocycles. The molecule has 7 nitrogen and oxygen atoms in total. The van der Waals surface area contributed by atoms with Crippen LogP contribution in [0.25, 0.3) is 11.3 Å². The molecule has 0 saturated heterocycles. The van der Waals surface area contributed by atoms with Crippen LogP contribution < -0.4 is 5.32 Å². The number of nitrogens with zero attached hydrogens (tertiary/aromatic N) is 2. The molecule has 1 N–H and O–H groups in total. The Morgan fingerprint density at radius 3 is 2.31 bits per heavy atom. The largest absolute Gasteiger partial charge is 0.460 e. The summed E-state index contributed by atoms with van der Waals surface area (Å²) in [5.74, 6) is -1.29. The summed E-state index contributed by atoms with van der Waals surface area (Å²) in [5, 5.41) is 6.93. The first-order valence-corrected chi connectivity index (χ1v) is 11.5. The van der Waals surface area contributed by atoms with Gasteiger partial charge in [-0.2, -0.15) is 18.3 Å². The van der Waals surface area contributed by atoms with Crippen LogP contribution in [0.5, 0.6) is 0 Å². The van der Waals surface area contributed by atoms with Gasteiger partial charge in [-0.05, 0) is 45.7 Å². The van der Waals surface area contributed by atoms with Crippen LogP contribution in [0.3, 0.4) is 0 Å². The summed E-state index contributed by atoms with van der Waals surface area (Å²) in [5.41, 5.74) is -1.60. The Bertz CT molecular complexity index is 1040. The van der Waals surface area contributed by atoms with Gasteiger partial charge in [-0.1, -0.05) is 32.0 Å². The summed E-state index contributed by atoms with van der Waals surface area (Å²) in [4.78, 5) is 36.3. The van der Waals surface area contributed by atoms with Crippen molar-refractivity contribution in [1.82, 2.24) is 15.1 Å². The Morgan fingerprint density at radius 1 is 1.14 bits per heavy atom. The zero-order valence-electron chi connectivity index (χ0n) is 20.6. The number of rotatable bonds is 10. The van der Waals surface area contributed by atoms with E-state index in [1.54, 1.807) is 20.8 Å². The number of halogens is 3. The lowest BCUT2D eigenvalue weighted by molar-refractivity contribution is -0.155. The molecule has 2 rings (SSSR count). The van der Waals surface area contributed by atoms with Gasteiger partial charge < -0.3 is 14.8 Å². The number of alkyl halides is 3. The summed E-state index contributed by atoms with van der Waals surface area (Å²) >= 11 is 0. The molecule has 1 aromatic carbocycles. The number of aldehydes is 1. The van der Waals surface area contributed by atoms with Gasteiger partial charge in [0.2, 0.25) is 0 Å². The molecule has 1 amide bonds. The maximum atomic E-state index is 13.7. The number of carbonyl (C=O) groups is 3. The van der Waals surface area contributed by atoms with E-state index >= 15 is 0 Å². The van der Waals surface area contributed by atoms with Crippen LogP contribution in [-0.2, 0) is 20.5 Å². The van der Waals surface area contributed by atoms with E-state index in [0.717, 1.165) is 6.07 Å². The van der Waals surface area contributed by atoms with E-state index in [1.165, 1.54) is 28.9 Å². The van der Waals surface area contributed by atoms with Gasteiger partial charge in [-0.15, -0.1) is 0 Å². The summed E-state index contributed by atoms with van der Waals surface area (Å²) in [6.07, 6.45) is -3.21. The molecular weight excluding hydrogens is 463 g/mol. The second-order valence-electron chi connectivity index (χ2n) is 9.24. The summed E-state index contributed by atoms with van der Waals surface area (Å²) in [7, 11) is 0. The molecule has 1 aromatic heterocycles. The molecule has 0 aliphatic heterocycles. The highest BCUT2D eigenvalue weighted by Gasteiger charge is 2.35. The Morgan fingerprint density at radius 2 is 1.77 bits per heavy atom. The molecule has 0 unspecified atom stereocenters. The predicted octanol–water partition coefficient (Wildman–Crippen LogP) is 5.35. The molecule has 10 heteroatoms. The zero-order valence-corrected chi connectivity index (χ0v) is 20.6. The van der Waals surface area contributed by atoms with Crippen molar-refractivity contribution in [3.63, 3.8) is 0 Å². The van der Waals surface area contributed by atoms with Crippen LogP contribution in [0.1, 0.15) is 82.4 Å². The van der Waals surface area contributed by atoms with E-state index in [0.29, 0.717) is 19.1 Å². The van der Waals surface area contributed by atoms with Gasteiger partial charge in [0.25, 0.3) is 5.91 Å². The Labute approximate surface area is 203 Å². The van der Waals surface area contributed by atoms with Gasteiger partial charge in [-0.25, -0.2) is 0 Å². The number of nitrogens with one attached hydrogen (secondary N) is 1. The fourth-order valence-corrected chi connectivity index (χ4v) is 3.73. The lowest BCUT2D eigenvalue weighted by Gasteiger charge is -2.22. The average molecular weight is 496 g/mol. The molecule has 0 aliphatic carbocycles. The van der Waals surface area contributed by atoms with Crippen molar-refractivity contribution in [2.24, 2.45) is 0 Å². The second-order valence-corrected chi connectivity index (χ2v) is 9.24. The zero-order chi connectivity index (χ0) is 26.4. The van der Waals surface area contributed by atoms with Crippen molar-refractivity contribution in [3.05, 3.63) is 41.6 Å². The standard InChI is InChI=1S/C25H32F3N3O4/c1-6-17(7-2)31-21(18-10-8-9-11-19(18)25(26,27)28)15-20(30-31)23(34)29-16(12-13-32)14-22(33)35-24(3,4)5/h8-11,13,15-17H,6-7,12,14H2,1-5H3,(H,29,34)/t16-/m0/s1. The van der Waals surface area contributed by atoms with E-state index in [1.807, 2.05) is 13.8 Å². The molecular formula is C25H32F3N3O4. The van der Waals surface area contributed by atoms with E-state index in [-0.39, 0.29) is 35.8 Å². The quantitative estimate of drug-likeness (QED) is 0.355. The molecule has 1 heterocycles. The third kappa shape index (κ3) is 7.66. The van der Waals surface area contributed by atoms with Crippen molar-refractivity contribution >= 4 is 18.2 Å². The molecule has 0 aliphatic rings. The van der Waals surface area contributed by atoms with Gasteiger partial charge in [0.05, 0.1) is 23.7 Å². The van der Waals surface area contributed by atoms with Crippen LogP contribution in [0, 0.1) is 0 Å². The Hall–Kier alpha value is -3.17. The van der Waals surface area contributed by atoms with Crippen LogP contribution in [0.15, 0.2) is 30.3 Å². The minimum atomic E-state index is -4.59. The van der Waals surface area contributed by atoms with Gasteiger partial charge in [0.1, 0.15) is 11.9 Å². The minimum Gasteiger partial charge on any atom is -0.460 e. The molecule has 35 heavy (non-hydrogen) atoms. The molecule has 0 radical (unpaired) electrons. The molecule has 192 valence electrons. The molecule has 0 spiro atoms. The fraction of sp³-hybridized carbons (Fsp3) is 0.520. The van der Waals surface area contributed by atoms with Crippen molar-refractivity contribution in [2.75, 3.05) is 0 Å². The number of aromatic nitrogens is 2. The van der Waals surface area contributed by atoms with Crippen molar-refractivity contribution in [2.45, 2.75) is 84.2 Å². The van der Waals surface area contributed by atoms with Crippen molar-refractivity contribution in [3.8, 4) is 11.3 Å². The van der Waals surface area contributed by atoms with Gasteiger partial charge >= 0.3 is 12.1 Å². The smallest absolute Gasteiger partial charge is 0.417 e. The summed E-state index contributed by atoms with van der Waals surface area (Å²) in [6.45, 7) is 8.86. The Kier molecular flexibility index (Phi) is 9.23. The number of esters is 1. The minimum absolute atomic E-state index is 0.0864. The first kappa shape index (κ1) is 28.1. The van der Waals surface area contributed by atoms with Crippen LogP contribution in [0.2, 0.25) is 0 Å². The summed E-state index contributed by atoms with van der Waals surface area (Å²) in [6, 6.07) is 5.36. The van der Waals surface area contributed by atoms with E-state index in [4.69, 9.17) is 4.74 Å². The van der Waals surface area contributed by atoms with Crippen LogP contribution >= 0.6 is 0 Å². The van der Waals surface area contributed by atoms with Gasteiger partial charge in [0.15, 0.2) is 5.69 Å². The van der Waals surface area contributed by atoms with E-state index < -0.39 is 35.3 Å². The fourth-order valence-electron chi connectivity index (χ4n) is 3.73. The highest BCUT2D eigenvalue weighted by molar-refractivity contribution is 5.94. The Balaban J connectivity index is 2.43. The lowest BCUT2D eigenvalue weighted by Crippen LogP contribution is -2.38. The van der Waals surface area contributed by atoms with Gasteiger partial charge in [0, 0.05) is 18.0 Å². The van der Waals surface area contributed by atoms with Crippen LogP contribution in [0.4, 0.5) is 13.2 Å². The monoisotopic (exact) mass is 495 g/mol. The first-order chi connectivity index (χ1) is 16.3. The van der Waals surface area contributed by atoms with Crippen molar-refractivity contribution in [1.29, 1.82) is 0 Å². The lowest BCUT2D eigenvalue weighted by atomic mass is 10.0. The highest BCUT2D eigenvalue weighted by Crippen LogP contribution is 2.38. The van der Waals surface area contributed by atoms with Gasteiger partial charge in [-0.3, -0.25) is 14.3 Å². The number of carbonyl (C=O) groups excluding carboxylic acids is 3. The SMILES string of the molecule is CCC(CC)n1nc(C(=O)N[C@@H](CC=O)CC(=O)OC(C)(C)C)cc1-c1ccccc1C(F)(F)F. The normalized spacial score (nSPS) is 12.9. The molecule has 0 fully saturated rings. The second kappa shape index (κ2) is 11.5. The van der Waals surface area contributed by atoms with Crippen molar-refractivity contribution < 1.29 is 32.3 Å². The number of hydrogen-bond donors (Lipinski definition) is 1. The molecule has 1 atom stereocenters. The number of hydrogen-bond acceptors (Lipinski definition) is 5. The third-order valence-electron chi connectivity index (χ3n) is 5.31. The van der Waals surface area contributed by atoms with Crippen LogP contribution in [-0.4, -0.2) is 39.6 Å². The average Bonchev–Trinajstić information content (AvgIpc) is 3.18. The van der Waals surface area contributed by atoms with E-state index in [2.05, 4.69) is 10.4 Å². The topological polar surface area (TPSA) is 90.3 Å². The predicted molar refractivity (Wildman–Crippen MR) is 125 cm³/mol. The number of benzene rings is 1. The van der Waals surface area contributed by atoms with E-state index in [9.17, 15) is 27.6 Å². The third-order valence-corrected chi connectivity index (χ3v) is 5.31. The summed E-state index contributed by atoms with van der Waals surface area (Å²) < 4.78 is 47.8. The highest BCUT2D eigenvalue weighted by atomic mass is 19.4. The first-order valence-electron chi connectivity index (χ1n) is 11.5.